The van der Waals surface area contributed by atoms with Gasteiger partial charge in [-0.1, -0.05) is 41.9 Å². The SMILES string of the molecule is O=C(NCC(=O)N1C(C(=O)O)CC(C(=O)O)C1c1ccccc1)Nc1ccc(Cl)cc1. The summed E-state index contributed by atoms with van der Waals surface area (Å²) in [4.78, 5) is 49.6. The van der Waals surface area contributed by atoms with Crippen molar-refractivity contribution in [3.63, 3.8) is 0 Å². The number of nitrogens with zero attached hydrogens (tertiary/aromatic N) is 1. The van der Waals surface area contributed by atoms with Gasteiger partial charge in [-0.2, -0.15) is 0 Å². The van der Waals surface area contributed by atoms with Gasteiger partial charge in [0.2, 0.25) is 5.91 Å². The minimum absolute atomic E-state index is 0.229. The van der Waals surface area contributed by atoms with Crippen LogP contribution in [0.2, 0.25) is 5.02 Å². The van der Waals surface area contributed by atoms with Crippen LogP contribution in [0.25, 0.3) is 0 Å². The van der Waals surface area contributed by atoms with Gasteiger partial charge in [-0.25, -0.2) is 9.59 Å². The number of carbonyl (C=O) groups is 4. The Morgan fingerprint density at radius 1 is 0.968 bits per heavy atom. The molecule has 1 saturated heterocycles. The van der Waals surface area contributed by atoms with Gasteiger partial charge in [-0.15, -0.1) is 0 Å². The quantitative estimate of drug-likeness (QED) is 0.539. The second kappa shape index (κ2) is 9.48. The van der Waals surface area contributed by atoms with Gasteiger partial charge in [-0.3, -0.25) is 9.59 Å². The van der Waals surface area contributed by atoms with Crippen LogP contribution < -0.4 is 10.6 Å². The monoisotopic (exact) mass is 445 g/mol. The zero-order valence-electron chi connectivity index (χ0n) is 16.2. The van der Waals surface area contributed by atoms with Crippen molar-refractivity contribution in [1.29, 1.82) is 0 Å². The third-order valence-electron chi connectivity index (χ3n) is 5.03. The van der Waals surface area contributed by atoms with E-state index >= 15 is 0 Å². The number of likely N-dealkylation sites (tertiary alicyclic amines) is 1. The summed E-state index contributed by atoms with van der Waals surface area (Å²) in [6.07, 6.45) is -0.229. The number of hydrogen-bond donors (Lipinski definition) is 4. The van der Waals surface area contributed by atoms with E-state index in [2.05, 4.69) is 10.6 Å². The third kappa shape index (κ3) is 5.13. The minimum Gasteiger partial charge on any atom is -0.481 e. The summed E-state index contributed by atoms with van der Waals surface area (Å²) >= 11 is 5.79. The molecule has 0 saturated carbocycles. The summed E-state index contributed by atoms with van der Waals surface area (Å²) in [6.45, 7) is -0.501. The number of carboxylic acids is 2. The molecule has 3 amide bonds. The molecule has 3 atom stereocenters. The summed E-state index contributed by atoms with van der Waals surface area (Å²) in [5.41, 5.74) is 0.963. The highest BCUT2D eigenvalue weighted by Crippen LogP contribution is 2.41. The van der Waals surface area contributed by atoms with Crippen molar-refractivity contribution in [1.82, 2.24) is 10.2 Å². The van der Waals surface area contributed by atoms with E-state index in [1.54, 1.807) is 54.6 Å². The number of hydrogen-bond acceptors (Lipinski definition) is 4. The number of urea groups is 1. The van der Waals surface area contributed by atoms with E-state index in [0.717, 1.165) is 4.90 Å². The number of carbonyl (C=O) groups excluding carboxylic acids is 2. The van der Waals surface area contributed by atoms with Crippen molar-refractivity contribution in [2.75, 3.05) is 11.9 Å². The van der Waals surface area contributed by atoms with Crippen LogP contribution >= 0.6 is 11.6 Å². The smallest absolute Gasteiger partial charge is 0.326 e. The lowest BCUT2D eigenvalue weighted by Crippen LogP contribution is -2.47. The van der Waals surface area contributed by atoms with E-state index in [9.17, 15) is 29.4 Å². The molecule has 4 N–H and O–H groups in total. The van der Waals surface area contributed by atoms with Gasteiger partial charge in [0.1, 0.15) is 6.04 Å². The van der Waals surface area contributed by atoms with Gasteiger partial charge in [0.15, 0.2) is 0 Å². The van der Waals surface area contributed by atoms with Crippen molar-refractivity contribution >= 4 is 41.2 Å². The lowest BCUT2D eigenvalue weighted by molar-refractivity contribution is -0.149. The van der Waals surface area contributed by atoms with E-state index in [-0.39, 0.29) is 6.42 Å². The molecular weight excluding hydrogens is 426 g/mol. The predicted molar refractivity (Wildman–Crippen MR) is 112 cm³/mol. The minimum atomic E-state index is -1.32. The average Bonchev–Trinajstić information content (AvgIpc) is 3.16. The van der Waals surface area contributed by atoms with E-state index in [1.807, 2.05) is 0 Å². The second-order valence-electron chi connectivity index (χ2n) is 7.01. The number of amides is 3. The summed E-state index contributed by atoms with van der Waals surface area (Å²) in [5, 5.41) is 24.6. The molecule has 0 bridgehead atoms. The highest BCUT2D eigenvalue weighted by atomic mass is 35.5. The molecule has 1 heterocycles. The van der Waals surface area contributed by atoms with Crippen molar-refractivity contribution < 1.29 is 29.4 Å². The molecule has 162 valence electrons. The van der Waals surface area contributed by atoms with Crippen LogP contribution in [0.3, 0.4) is 0 Å². The van der Waals surface area contributed by atoms with Crippen molar-refractivity contribution in [3.8, 4) is 0 Å². The molecule has 1 fully saturated rings. The molecule has 0 radical (unpaired) electrons. The first kappa shape index (κ1) is 22.1. The average molecular weight is 446 g/mol. The van der Waals surface area contributed by atoms with Crippen molar-refractivity contribution in [2.24, 2.45) is 5.92 Å². The number of carboxylic acid groups (broad SMARTS) is 2. The molecule has 3 unspecified atom stereocenters. The second-order valence-corrected chi connectivity index (χ2v) is 7.44. The van der Waals surface area contributed by atoms with Crippen LogP contribution in [0.5, 0.6) is 0 Å². The number of aliphatic carboxylic acids is 2. The maximum atomic E-state index is 12.9. The fourth-order valence-electron chi connectivity index (χ4n) is 3.65. The Kier molecular flexibility index (Phi) is 6.76. The molecule has 0 aromatic heterocycles. The highest BCUT2D eigenvalue weighted by Gasteiger charge is 2.50. The maximum absolute atomic E-state index is 12.9. The molecule has 1 aliphatic rings. The first-order valence-electron chi connectivity index (χ1n) is 9.40. The van der Waals surface area contributed by atoms with E-state index in [1.165, 1.54) is 0 Å². The third-order valence-corrected chi connectivity index (χ3v) is 5.28. The molecule has 3 rings (SSSR count). The van der Waals surface area contributed by atoms with E-state index in [4.69, 9.17) is 11.6 Å². The topological polar surface area (TPSA) is 136 Å². The molecular formula is C21H20ClN3O6. The van der Waals surface area contributed by atoms with Gasteiger partial charge in [0, 0.05) is 10.7 Å². The normalized spacial score (nSPS) is 20.2. The van der Waals surface area contributed by atoms with Gasteiger partial charge < -0.3 is 25.7 Å². The fraction of sp³-hybridized carbons (Fsp3) is 0.238. The Morgan fingerprint density at radius 2 is 1.61 bits per heavy atom. The van der Waals surface area contributed by atoms with Gasteiger partial charge in [0.05, 0.1) is 18.5 Å². The standard InChI is InChI=1S/C21H20ClN3O6/c22-13-6-8-14(9-7-13)24-21(31)23-11-17(26)25-16(20(29)30)10-15(19(27)28)18(25)12-4-2-1-3-5-12/h1-9,15-16,18H,10-11H2,(H,27,28)(H,29,30)(H2,23,24,31). The van der Waals surface area contributed by atoms with Gasteiger partial charge in [-0.05, 0) is 36.2 Å². The van der Waals surface area contributed by atoms with Gasteiger partial charge in [0.25, 0.3) is 0 Å². The fourth-order valence-corrected chi connectivity index (χ4v) is 3.78. The summed E-state index contributed by atoms with van der Waals surface area (Å²) in [7, 11) is 0. The molecule has 2 aromatic rings. The highest BCUT2D eigenvalue weighted by molar-refractivity contribution is 6.30. The number of nitrogens with one attached hydrogen (secondary N) is 2. The molecule has 0 spiro atoms. The molecule has 10 heteroatoms. The first-order chi connectivity index (χ1) is 14.8. The van der Waals surface area contributed by atoms with Crippen LogP contribution in [-0.4, -0.2) is 51.6 Å². The zero-order valence-corrected chi connectivity index (χ0v) is 17.0. The largest absolute Gasteiger partial charge is 0.481 e. The lowest BCUT2D eigenvalue weighted by atomic mass is 9.93. The van der Waals surface area contributed by atoms with E-state index in [0.29, 0.717) is 16.3 Å². The predicted octanol–water partition coefficient (Wildman–Crippen LogP) is 2.59. The summed E-state index contributed by atoms with van der Waals surface area (Å²) in [6, 6.07) is 11.8. The molecule has 1 aliphatic heterocycles. The van der Waals surface area contributed by atoms with Crippen molar-refractivity contribution in [2.45, 2.75) is 18.5 Å². The van der Waals surface area contributed by atoms with Crippen LogP contribution in [0, 0.1) is 5.92 Å². The lowest BCUT2D eigenvalue weighted by Gasteiger charge is -2.30. The Balaban J connectivity index is 1.76. The van der Waals surface area contributed by atoms with Crippen molar-refractivity contribution in [3.05, 3.63) is 65.2 Å². The number of rotatable bonds is 6. The Labute approximate surface area is 182 Å². The van der Waals surface area contributed by atoms with Gasteiger partial charge >= 0.3 is 18.0 Å². The number of halogens is 1. The summed E-state index contributed by atoms with van der Waals surface area (Å²) < 4.78 is 0. The maximum Gasteiger partial charge on any atom is 0.326 e. The van der Waals surface area contributed by atoms with Crippen LogP contribution in [0.4, 0.5) is 10.5 Å². The van der Waals surface area contributed by atoms with Crippen LogP contribution in [-0.2, 0) is 14.4 Å². The number of anilines is 1. The van der Waals surface area contributed by atoms with Crippen LogP contribution in [0.15, 0.2) is 54.6 Å². The molecule has 0 aliphatic carbocycles. The molecule has 31 heavy (non-hydrogen) atoms. The van der Waals surface area contributed by atoms with E-state index < -0.39 is 48.4 Å². The number of benzene rings is 2. The zero-order chi connectivity index (χ0) is 22.5. The Morgan fingerprint density at radius 3 is 2.19 bits per heavy atom. The molecule has 9 nitrogen and oxygen atoms in total. The molecule has 2 aromatic carbocycles. The van der Waals surface area contributed by atoms with Crippen LogP contribution in [0.1, 0.15) is 18.0 Å². The first-order valence-corrected chi connectivity index (χ1v) is 9.78. The Bertz CT molecular complexity index is 982. The Hall–Kier alpha value is -3.59. The summed E-state index contributed by atoms with van der Waals surface area (Å²) in [5.74, 6) is -4.28.